The summed E-state index contributed by atoms with van der Waals surface area (Å²) in [5.41, 5.74) is -6.46. The first-order valence-corrected chi connectivity index (χ1v) is 12.7. The van der Waals surface area contributed by atoms with E-state index in [0.29, 0.717) is 0 Å². The van der Waals surface area contributed by atoms with Gasteiger partial charge < -0.3 is 19.3 Å². The van der Waals surface area contributed by atoms with Crippen LogP contribution in [-0.4, -0.2) is 64.7 Å². The third-order valence-corrected chi connectivity index (χ3v) is 9.69. The molecule has 1 aliphatic heterocycles. The second-order valence-electron chi connectivity index (χ2n) is 11.9. The molecule has 4 fully saturated rings. The molecule has 9 atom stereocenters. The van der Waals surface area contributed by atoms with Gasteiger partial charge in [-0.3, -0.25) is 14.4 Å². The van der Waals surface area contributed by atoms with Crippen molar-refractivity contribution in [3.63, 3.8) is 0 Å². The molecule has 3 saturated carbocycles. The lowest BCUT2D eigenvalue weighted by Crippen LogP contribution is -2.71. The fraction of sp³-hybridized carbons (Fsp3) is 0.741. The number of hydrogen-bond acceptors (Lipinski definition) is 7. The lowest BCUT2D eigenvalue weighted by Gasteiger charge is -2.63. The molecule has 0 bridgehead atoms. The van der Waals surface area contributed by atoms with E-state index in [4.69, 9.17) is 14.2 Å². The fourth-order valence-electron chi connectivity index (χ4n) is 8.16. The molecule has 1 saturated heterocycles. The molecule has 0 aromatic rings. The number of aliphatic hydroxyl groups excluding tert-OH is 1. The maximum absolute atomic E-state index is 17.3. The Kier molecular flexibility index (Phi) is 5.54. The normalized spacial score (nSPS) is 48.4. The lowest BCUT2D eigenvalue weighted by atomic mass is 9.44. The van der Waals surface area contributed by atoms with Crippen LogP contribution in [-0.2, 0) is 28.6 Å². The van der Waals surface area contributed by atoms with Crippen LogP contribution >= 0.6 is 0 Å². The number of halogens is 2. The van der Waals surface area contributed by atoms with E-state index in [1.165, 1.54) is 19.1 Å². The Hall–Kier alpha value is -1.97. The quantitative estimate of drug-likeness (QED) is 0.582. The summed E-state index contributed by atoms with van der Waals surface area (Å²) in [4.78, 5) is 37.6. The maximum Gasteiger partial charge on any atom is 0.305 e. The minimum absolute atomic E-state index is 0.0421. The molecule has 9 heteroatoms. The second-order valence-corrected chi connectivity index (χ2v) is 11.9. The predicted molar refractivity (Wildman–Crippen MR) is 123 cm³/mol. The first kappa shape index (κ1) is 25.7. The Labute approximate surface area is 209 Å². The van der Waals surface area contributed by atoms with Crippen molar-refractivity contribution in [1.82, 2.24) is 0 Å². The van der Waals surface area contributed by atoms with Crippen molar-refractivity contribution in [3.8, 4) is 0 Å². The monoisotopic (exact) mass is 508 g/mol. The number of fused-ring (bicyclic) bond motifs is 7. The van der Waals surface area contributed by atoms with E-state index in [9.17, 15) is 19.5 Å². The highest BCUT2D eigenvalue weighted by atomic mass is 19.1. The van der Waals surface area contributed by atoms with Crippen molar-refractivity contribution in [1.29, 1.82) is 0 Å². The van der Waals surface area contributed by atoms with Gasteiger partial charge in [0.25, 0.3) is 0 Å². The molecule has 5 aliphatic rings. The van der Waals surface area contributed by atoms with Crippen LogP contribution in [0.5, 0.6) is 0 Å². The first-order chi connectivity index (χ1) is 16.7. The molecule has 5 rings (SSSR count). The molecule has 0 spiro atoms. The summed E-state index contributed by atoms with van der Waals surface area (Å²) in [7, 11) is 0. The Bertz CT molecular complexity index is 1080. The number of carbonyl (C=O) groups excluding carboxylic acids is 3. The number of hydrogen-bond donors (Lipinski definition) is 1. The molecule has 0 radical (unpaired) electrons. The minimum atomic E-state index is -2.27. The Morgan fingerprint density at radius 3 is 2.56 bits per heavy atom. The first-order valence-electron chi connectivity index (χ1n) is 12.7. The maximum atomic E-state index is 17.3. The number of esters is 1. The lowest BCUT2D eigenvalue weighted by molar-refractivity contribution is -0.249. The number of alkyl halides is 2. The summed E-state index contributed by atoms with van der Waals surface area (Å²) < 4.78 is 50.6. The van der Waals surface area contributed by atoms with E-state index < -0.39 is 82.2 Å². The van der Waals surface area contributed by atoms with Gasteiger partial charge in [-0.2, -0.15) is 0 Å². The summed E-state index contributed by atoms with van der Waals surface area (Å²) in [6, 6.07) is 0. The van der Waals surface area contributed by atoms with Crippen LogP contribution in [0, 0.1) is 22.7 Å². The highest BCUT2D eigenvalue weighted by Crippen LogP contribution is 2.72. The number of ether oxygens (including phenoxy) is 3. The van der Waals surface area contributed by atoms with Crippen molar-refractivity contribution in [3.05, 3.63) is 23.8 Å². The average Bonchev–Trinajstić information content (AvgIpc) is 3.21. The predicted octanol–water partition coefficient (Wildman–Crippen LogP) is 3.33. The molecule has 1 N–H and O–H groups in total. The number of aliphatic hydroxyl groups is 1. The van der Waals surface area contributed by atoms with Crippen LogP contribution < -0.4 is 0 Å². The topological polar surface area (TPSA) is 99.1 Å². The zero-order valence-electron chi connectivity index (χ0n) is 21.3. The molecule has 4 aliphatic carbocycles. The van der Waals surface area contributed by atoms with Crippen LogP contribution in [0.3, 0.4) is 0 Å². The summed E-state index contributed by atoms with van der Waals surface area (Å²) in [6.45, 7) is 7.73. The van der Waals surface area contributed by atoms with Crippen LogP contribution in [0.4, 0.5) is 8.78 Å². The van der Waals surface area contributed by atoms with Gasteiger partial charge in [-0.25, -0.2) is 8.78 Å². The highest BCUT2D eigenvalue weighted by Gasteiger charge is 2.80. The van der Waals surface area contributed by atoms with E-state index in [2.05, 4.69) is 0 Å². The van der Waals surface area contributed by atoms with Crippen molar-refractivity contribution in [2.45, 2.75) is 95.7 Å². The molecular weight excluding hydrogens is 474 g/mol. The fourth-order valence-corrected chi connectivity index (χ4v) is 8.16. The molecular formula is C27H34F2O7. The van der Waals surface area contributed by atoms with Gasteiger partial charge in [0, 0.05) is 23.2 Å². The van der Waals surface area contributed by atoms with Gasteiger partial charge in [0.2, 0.25) is 5.78 Å². The van der Waals surface area contributed by atoms with Crippen LogP contribution in [0.15, 0.2) is 23.8 Å². The van der Waals surface area contributed by atoms with Crippen LogP contribution in [0.2, 0.25) is 0 Å². The van der Waals surface area contributed by atoms with Crippen LogP contribution in [0.1, 0.15) is 60.3 Å². The Balaban J connectivity index is 1.60. The van der Waals surface area contributed by atoms with Gasteiger partial charge in [-0.15, -0.1) is 0 Å². The smallest absolute Gasteiger partial charge is 0.305 e. The molecule has 0 aromatic carbocycles. The van der Waals surface area contributed by atoms with E-state index in [-0.39, 0.29) is 31.3 Å². The average molecular weight is 509 g/mol. The zero-order valence-corrected chi connectivity index (χ0v) is 21.3. The molecule has 36 heavy (non-hydrogen) atoms. The molecule has 1 heterocycles. The SMILES string of the molecule is CCC(=O)OCC(=O)[C@@]12OC(C)(C)O[C@@H]1C[C@@H]1[C@@H]3C[C@H](F)C4=CC(=O)C=C[C@]4(C)[C@@]3(F)[C@H](O)C[C@@]12C. The third kappa shape index (κ3) is 3.02. The zero-order chi connectivity index (χ0) is 26.5. The largest absolute Gasteiger partial charge is 0.458 e. The van der Waals surface area contributed by atoms with Crippen molar-refractivity contribution < 1.29 is 42.5 Å². The van der Waals surface area contributed by atoms with Crippen LogP contribution in [0.25, 0.3) is 0 Å². The summed E-state index contributed by atoms with van der Waals surface area (Å²) in [5.74, 6) is -4.13. The van der Waals surface area contributed by atoms with E-state index in [1.54, 1.807) is 27.7 Å². The summed E-state index contributed by atoms with van der Waals surface area (Å²) in [5, 5.41) is 11.5. The number of ketones is 2. The van der Waals surface area contributed by atoms with Gasteiger partial charge >= 0.3 is 5.97 Å². The van der Waals surface area contributed by atoms with Gasteiger partial charge in [0.1, 0.15) is 6.17 Å². The number of Topliss-reactive ketones (excluding diaryl/α,β-unsaturated/α-hetero) is 1. The van der Waals surface area contributed by atoms with E-state index in [0.717, 1.165) is 6.08 Å². The number of allylic oxidation sites excluding steroid dienone is 4. The molecule has 0 unspecified atom stereocenters. The third-order valence-electron chi connectivity index (χ3n) is 9.69. The summed E-state index contributed by atoms with van der Waals surface area (Å²) in [6.07, 6.45) is -0.236. The van der Waals surface area contributed by atoms with Crippen molar-refractivity contribution in [2.75, 3.05) is 6.61 Å². The van der Waals surface area contributed by atoms with E-state index >= 15 is 8.78 Å². The number of rotatable bonds is 4. The standard InChI is InChI=1S/C27H34F2O7/c1-6-22(33)34-13-20(32)27-21(35-23(2,3)36-27)11-15-16-10-18(28)17-9-14(30)7-8-24(17,4)26(16,29)19(31)12-25(15,27)5/h7-9,15-16,18-19,21,31H,6,10-13H2,1-5H3/t15-,16+,18+,19-,21-,24+,25+,26+,27-/m1/s1. The van der Waals surface area contributed by atoms with Crippen molar-refractivity contribution in [2.24, 2.45) is 22.7 Å². The van der Waals surface area contributed by atoms with Crippen molar-refractivity contribution >= 4 is 17.5 Å². The molecule has 198 valence electrons. The van der Waals surface area contributed by atoms with Gasteiger partial charge in [-0.1, -0.05) is 19.9 Å². The van der Waals surface area contributed by atoms with Gasteiger partial charge in [0.15, 0.2) is 29.4 Å². The molecule has 7 nitrogen and oxygen atoms in total. The molecule has 0 aromatic heterocycles. The van der Waals surface area contributed by atoms with Gasteiger partial charge in [0.05, 0.1) is 12.2 Å². The Morgan fingerprint density at radius 2 is 1.89 bits per heavy atom. The molecule has 0 amide bonds. The highest BCUT2D eigenvalue weighted by molar-refractivity contribution is 6.01. The van der Waals surface area contributed by atoms with Gasteiger partial charge in [-0.05, 0) is 63.7 Å². The summed E-state index contributed by atoms with van der Waals surface area (Å²) >= 11 is 0. The minimum Gasteiger partial charge on any atom is -0.458 e. The number of carbonyl (C=O) groups is 3. The van der Waals surface area contributed by atoms with E-state index in [1.807, 2.05) is 0 Å². The second kappa shape index (κ2) is 7.77. The Morgan fingerprint density at radius 1 is 1.19 bits per heavy atom.